The molecule has 0 saturated carbocycles. The summed E-state index contributed by atoms with van der Waals surface area (Å²) < 4.78 is 116. The normalized spacial score (nSPS) is 23.5. The van der Waals surface area contributed by atoms with Crippen LogP contribution in [-0.2, 0) is 19.6 Å². The van der Waals surface area contributed by atoms with Crippen LogP contribution in [0.25, 0.3) is 0 Å². The van der Waals surface area contributed by atoms with Crippen molar-refractivity contribution in [2.45, 2.75) is 90.0 Å². The Hall–Kier alpha value is -2.65. The van der Waals surface area contributed by atoms with E-state index in [1.807, 2.05) is 33.9 Å². The molecular formula is C27H36F7N3O4Si. The summed E-state index contributed by atoms with van der Waals surface area (Å²) in [5.41, 5.74) is -6.24. The van der Waals surface area contributed by atoms with Crippen LogP contribution in [0.15, 0.2) is 18.3 Å². The minimum absolute atomic E-state index is 0.0470. The van der Waals surface area contributed by atoms with Crippen LogP contribution in [0.5, 0.6) is 5.75 Å². The first-order chi connectivity index (χ1) is 19.1. The van der Waals surface area contributed by atoms with Crippen molar-refractivity contribution in [2.24, 2.45) is 5.92 Å². The van der Waals surface area contributed by atoms with E-state index < -0.39 is 73.4 Å². The van der Waals surface area contributed by atoms with Gasteiger partial charge in [0.2, 0.25) is 5.82 Å². The Kier molecular flexibility index (Phi) is 9.23. The summed E-state index contributed by atoms with van der Waals surface area (Å²) in [7, 11) is -2.27. The highest BCUT2D eigenvalue weighted by Crippen LogP contribution is 2.56. The standard InChI is InChI=1S/C27H36F7N3O4Si/c1-15-13-26(41-25(15,6)27(32,33)34,22(38)35-19-14-37(23(30)31)36-16(19)2)17-9-10-18(28)20(29)21(17)39-11-12-40-42(7,8)24(3,4)5/h9-10,14-15,23H,11-13H2,1-8H3,(H,35,38). The fourth-order valence-electron chi connectivity index (χ4n) is 4.47. The third-order valence-electron chi connectivity index (χ3n) is 8.30. The van der Waals surface area contributed by atoms with Gasteiger partial charge < -0.3 is 19.2 Å². The van der Waals surface area contributed by atoms with Gasteiger partial charge in [-0.1, -0.05) is 27.7 Å². The first-order valence-electron chi connectivity index (χ1n) is 13.2. The molecule has 0 aliphatic carbocycles. The Morgan fingerprint density at radius 3 is 2.33 bits per heavy atom. The molecule has 1 aromatic carbocycles. The van der Waals surface area contributed by atoms with Crippen molar-refractivity contribution >= 4 is 19.9 Å². The quantitative estimate of drug-likeness (QED) is 0.177. The molecular weight excluding hydrogens is 591 g/mol. The van der Waals surface area contributed by atoms with Gasteiger partial charge >= 0.3 is 12.7 Å². The van der Waals surface area contributed by atoms with E-state index in [0.717, 1.165) is 19.2 Å². The topological polar surface area (TPSA) is 74.6 Å². The number of ether oxygens (including phenoxy) is 2. The summed E-state index contributed by atoms with van der Waals surface area (Å²) in [6, 6.07) is 1.57. The van der Waals surface area contributed by atoms with Crippen molar-refractivity contribution in [1.29, 1.82) is 0 Å². The van der Waals surface area contributed by atoms with Crippen LogP contribution in [0, 0.1) is 24.5 Å². The SMILES string of the molecule is Cc1nn(C(F)F)cc1NC(=O)C1(c2ccc(F)c(F)c2OCCO[Si](C)(C)C(C)(C)C)CC(C)C(C)(C(F)(F)F)O1. The van der Waals surface area contributed by atoms with E-state index in [4.69, 9.17) is 13.9 Å². The summed E-state index contributed by atoms with van der Waals surface area (Å²) in [5.74, 6) is -6.30. The van der Waals surface area contributed by atoms with Gasteiger partial charge in [0, 0.05) is 5.56 Å². The van der Waals surface area contributed by atoms with Crippen LogP contribution in [0.3, 0.4) is 0 Å². The summed E-state index contributed by atoms with van der Waals surface area (Å²) in [6.07, 6.45) is -4.80. The van der Waals surface area contributed by atoms with Crippen LogP contribution in [0.1, 0.15) is 58.8 Å². The average Bonchev–Trinajstić information content (AvgIpc) is 3.36. The first-order valence-corrected chi connectivity index (χ1v) is 16.2. The molecule has 1 amide bonds. The van der Waals surface area contributed by atoms with Gasteiger partial charge in [0.05, 0.1) is 24.2 Å². The lowest BCUT2D eigenvalue weighted by Gasteiger charge is -2.36. The van der Waals surface area contributed by atoms with Gasteiger partial charge in [-0.15, -0.1) is 0 Å². The van der Waals surface area contributed by atoms with E-state index in [1.165, 1.54) is 13.8 Å². The maximum absolute atomic E-state index is 15.3. The van der Waals surface area contributed by atoms with Crippen LogP contribution in [-0.4, -0.2) is 49.0 Å². The minimum atomic E-state index is -4.97. The number of nitrogens with one attached hydrogen (secondary N) is 1. The highest BCUT2D eigenvalue weighted by atomic mass is 28.4. The number of alkyl halides is 5. The number of hydrogen-bond donors (Lipinski definition) is 1. The summed E-state index contributed by atoms with van der Waals surface area (Å²) in [4.78, 5) is 13.8. The zero-order valence-corrected chi connectivity index (χ0v) is 25.7. The zero-order valence-electron chi connectivity index (χ0n) is 24.7. The number of carbonyl (C=O) groups is 1. The molecule has 3 rings (SSSR count). The lowest BCUT2D eigenvalue weighted by Crippen LogP contribution is -2.49. The summed E-state index contributed by atoms with van der Waals surface area (Å²) in [6.45, 7) is 9.75. The number of benzene rings is 1. The van der Waals surface area contributed by atoms with E-state index in [0.29, 0.717) is 6.07 Å². The number of nitrogens with zero attached hydrogens (tertiary/aromatic N) is 2. The zero-order chi connectivity index (χ0) is 32.1. The Morgan fingerprint density at radius 1 is 1.21 bits per heavy atom. The fourth-order valence-corrected chi connectivity index (χ4v) is 5.50. The van der Waals surface area contributed by atoms with Gasteiger partial charge in [-0.3, -0.25) is 4.79 Å². The summed E-state index contributed by atoms with van der Waals surface area (Å²) >= 11 is 0. The Bertz CT molecular complexity index is 1310. The molecule has 1 aromatic heterocycles. The molecule has 1 aliphatic rings. The Morgan fingerprint density at radius 2 is 1.83 bits per heavy atom. The lowest BCUT2D eigenvalue weighted by molar-refractivity contribution is -0.285. The van der Waals surface area contributed by atoms with Crippen molar-refractivity contribution in [3.63, 3.8) is 0 Å². The number of rotatable bonds is 9. The van der Waals surface area contributed by atoms with Gasteiger partial charge in [0.1, 0.15) is 6.61 Å². The average molecular weight is 628 g/mol. The maximum atomic E-state index is 15.3. The van der Waals surface area contributed by atoms with Crippen molar-refractivity contribution < 1.29 is 49.4 Å². The van der Waals surface area contributed by atoms with Gasteiger partial charge in [0.15, 0.2) is 31.1 Å². The molecule has 1 fully saturated rings. The highest BCUT2D eigenvalue weighted by Gasteiger charge is 2.68. The van der Waals surface area contributed by atoms with Gasteiger partial charge in [-0.25, -0.2) is 9.07 Å². The molecule has 0 spiro atoms. The van der Waals surface area contributed by atoms with Crippen LogP contribution in [0.4, 0.5) is 36.4 Å². The molecule has 3 unspecified atom stereocenters. The van der Waals surface area contributed by atoms with Crippen LogP contribution in [0.2, 0.25) is 18.1 Å². The predicted octanol–water partition coefficient (Wildman–Crippen LogP) is 7.48. The highest BCUT2D eigenvalue weighted by molar-refractivity contribution is 6.74. The largest absolute Gasteiger partial charge is 0.488 e. The van der Waals surface area contributed by atoms with Gasteiger partial charge in [0.25, 0.3) is 5.91 Å². The molecule has 7 nitrogen and oxygen atoms in total. The molecule has 42 heavy (non-hydrogen) atoms. The molecule has 2 heterocycles. The van der Waals surface area contributed by atoms with Crippen molar-refractivity contribution in [3.05, 3.63) is 41.2 Å². The van der Waals surface area contributed by atoms with E-state index in [2.05, 4.69) is 10.4 Å². The Labute approximate surface area is 240 Å². The van der Waals surface area contributed by atoms with Crippen molar-refractivity contribution in [1.82, 2.24) is 9.78 Å². The number of amides is 1. The number of aryl methyl sites for hydroxylation is 1. The number of carbonyl (C=O) groups excluding carboxylic acids is 1. The predicted molar refractivity (Wildman–Crippen MR) is 143 cm³/mol. The van der Waals surface area contributed by atoms with Crippen LogP contribution < -0.4 is 10.1 Å². The second kappa shape index (κ2) is 11.4. The fraction of sp³-hybridized carbons (Fsp3) is 0.630. The van der Waals surface area contributed by atoms with Gasteiger partial charge in [-0.05, 0) is 56.5 Å². The minimum Gasteiger partial charge on any atom is -0.488 e. The second-order valence-corrected chi connectivity index (χ2v) is 17.0. The molecule has 0 radical (unpaired) electrons. The number of anilines is 1. The molecule has 0 bridgehead atoms. The molecule has 2 aromatic rings. The van der Waals surface area contributed by atoms with Crippen LogP contribution >= 0.6 is 0 Å². The molecule has 1 N–H and O–H groups in total. The molecule has 1 aliphatic heterocycles. The van der Waals surface area contributed by atoms with Gasteiger partial charge in [-0.2, -0.15) is 31.4 Å². The molecule has 1 saturated heterocycles. The number of aromatic nitrogens is 2. The smallest absolute Gasteiger partial charge is 0.417 e. The summed E-state index contributed by atoms with van der Waals surface area (Å²) in [5, 5.41) is 5.72. The Balaban J connectivity index is 2.08. The number of halogens is 7. The second-order valence-electron chi connectivity index (χ2n) is 12.2. The van der Waals surface area contributed by atoms with E-state index in [1.54, 1.807) is 0 Å². The molecule has 3 atom stereocenters. The molecule has 236 valence electrons. The maximum Gasteiger partial charge on any atom is 0.417 e. The monoisotopic (exact) mass is 627 g/mol. The third kappa shape index (κ3) is 6.18. The third-order valence-corrected chi connectivity index (χ3v) is 12.8. The van der Waals surface area contributed by atoms with E-state index in [-0.39, 0.29) is 34.3 Å². The van der Waals surface area contributed by atoms with Crippen molar-refractivity contribution in [3.8, 4) is 5.75 Å². The first kappa shape index (κ1) is 33.8. The van der Waals surface area contributed by atoms with E-state index >= 15 is 4.39 Å². The molecule has 15 heteroatoms. The lowest BCUT2D eigenvalue weighted by atomic mass is 9.82. The van der Waals surface area contributed by atoms with Crippen molar-refractivity contribution in [2.75, 3.05) is 18.5 Å². The van der Waals surface area contributed by atoms with E-state index in [9.17, 15) is 31.1 Å². The number of hydrogen-bond acceptors (Lipinski definition) is 5.